The van der Waals surface area contributed by atoms with Gasteiger partial charge in [-0.2, -0.15) is 0 Å². The highest BCUT2D eigenvalue weighted by atomic mass is 16.2. The average molecular weight is 376 g/mol. The van der Waals surface area contributed by atoms with Crippen molar-refractivity contribution in [2.24, 2.45) is 16.8 Å². The normalized spacial score (nSPS) is 14.6. The first-order chi connectivity index (χ1) is 13.4. The Bertz CT molecular complexity index is 872. The van der Waals surface area contributed by atoms with Crippen molar-refractivity contribution in [3.05, 3.63) is 71.8 Å². The lowest BCUT2D eigenvalue weighted by atomic mass is 10.0. The second-order valence-electron chi connectivity index (χ2n) is 8.06. The quantitative estimate of drug-likeness (QED) is 0.734. The Labute approximate surface area is 168 Å². The number of para-hydroxylation sites is 1. The van der Waals surface area contributed by atoms with Gasteiger partial charge in [-0.1, -0.05) is 76.2 Å². The van der Waals surface area contributed by atoms with Crippen molar-refractivity contribution < 1.29 is 4.79 Å². The summed E-state index contributed by atoms with van der Waals surface area (Å²) in [4.78, 5) is 19.8. The zero-order chi connectivity index (χ0) is 20.1. The van der Waals surface area contributed by atoms with Crippen LogP contribution in [0.5, 0.6) is 0 Å². The van der Waals surface area contributed by atoms with Crippen molar-refractivity contribution in [2.45, 2.75) is 27.7 Å². The minimum atomic E-state index is 0.0361. The fraction of sp³-hybridized carbons (Fsp3) is 0.333. The molecule has 1 amide bonds. The highest BCUT2D eigenvalue weighted by molar-refractivity contribution is 6.10. The fourth-order valence-corrected chi connectivity index (χ4v) is 3.34. The first-order valence-electron chi connectivity index (χ1n) is 9.95. The predicted octanol–water partition coefficient (Wildman–Crippen LogP) is 4.85. The minimum absolute atomic E-state index is 0.0361. The lowest BCUT2D eigenvalue weighted by molar-refractivity contribution is -0.127. The van der Waals surface area contributed by atoms with Crippen molar-refractivity contribution in [3.8, 4) is 0 Å². The highest BCUT2D eigenvalue weighted by Crippen LogP contribution is 2.29. The van der Waals surface area contributed by atoms with Gasteiger partial charge in [0.25, 0.3) is 0 Å². The molecule has 0 radical (unpaired) electrons. The van der Waals surface area contributed by atoms with E-state index in [4.69, 9.17) is 4.99 Å². The molecule has 3 rings (SSSR count). The average Bonchev–Trinajstić information content (AvgIpc) is 2.67. The second kappa shape index (κ2) is 8.87. The van der Waals surface area contributed by atoms with Gasteiger partial charge in [0.1, 0.15) is 5.84 Å². The van der Waals surface area contributed by atoms with Gasteiger partial charge in [-0.3, -0.25) is 4.79 Å². The van der Waals surface area contributed by atoms with Crippen LogP contribution in [0, 0.1) is 11.8 Å². The van der Waals surface area contributed by atoms with E-state index in [1.54, 1.807) is 6.08 Å². The zero-order valence-corrected chi connectivity index (χ0v) is 17.1. The Morgan fingerprint density at radius 2 is 1.57 bits per heavy atom. The summed E-state index contributed by atoms with van der Waals surface area (Å²) in [7, 11) is 0. The molecule has 28 heavy (non-hydrogen) atoms. The molecule has 4 nitrogen and oxygen atoms in total. The number of benzene rings is 2. The Morgan fingerprint density at radius 1 is 0.964 bits per heavy atom. The number of carbonyl (C=O) groups is 1. The highest BCUT2D eigenvalue weighted by Gasteiger charge is 2.20. The maximum atomic E-state index is 13.1. The van der Waals surface area contributed by atoms with Crippen LogP contribution in [0.4, 0.5) is 5.69 Å². The number of rotatable bonds is 6. The van der Waals surface area contributed by atoms with Crippen LogP contribution < -0.4 is 5.32 Å². The molecule has 0 aliphatic carbocycles. The van der Waals surface area contributed by atoms with Gasteiger partial charge in [0.2, 0.25) is 5.91 Å². The summed E-state index contributed by atoms with van der Waals surface area (Å²) < 4.78 is 0. The van der Waals surface area contributed by atoms with Gasteiger partial charge in [-0.05, 0) is 17.9 Å². The Kier molecular flexibility index (Phi) is 6.30. The number of amides is 1. The number of hydrogen-bond donors (Lipinski definition) is 1. The van der Waals surface area contributed by atoms with Gasteiger partial charge >= 0.3 is 0 Å². The molecule has 4 heteroatoms. The second-order valence-corrected chi connectivity index (χ2v) is 8.06. The van der Waals surface area contributed by atoms with Gasteiger partial charge in [0.15, 0.2) is 0 Å². The molecule has 0 saturated carbocycles. The summed E-state index contributed by atoms with van der Waals surface area (Å²) in [5, 5.41) is 3.38. The molecule has 146 valence electrons. The van der Waals surface area contributed by atoms with Crippen molar-refractivity contribution in [3.63, 3.8) is 0 Å². The van der Waals surface area contributed by atoms with Gasteiger partial charge in [-0.15, -0.1) is 0 Å². The number of aliphatic imine (C=N–C) groups is 1. The first-order valence-corrected chi connectivity index (χ1v) is 9.95. The van der Waals surface area contributed by atoms with Crippen LogP contribution in [0.1, 0.15) is 38.8 Å². The molecule has 2 aromatic rings. The van der Waals surface area contributed by atoms with E-state index in [0.29, 0.717) is 11.8 Å². The SMILES string of the molecule is CC(C)CN(CC(C)C)C(=O)/C=C1\NC(c2ccccc2)=Nc2ccccc21. The summed E-state index contributed by atoms with van der Waals surface area (Å²) in [6, 6.07) is 17.9. The van der Waals surface area contributed by atoms with Crippen LogP contribution in [0.2, 0.25) is 0 Å². The van der Waals surface area contributed by atoms with Crippen LogP contribution in [0.15, 0.2) is 65.7 Å². The number of carbonyl (C=O) groups excluding carboxylic acids is 1. The smallest absolute Gasteiger partial charge is 0.248 e. The number of hydrogen-bond acceptors (Lipinski definition) is 3. The fourth-order valence-electron chi connectivity index (χ4n) is 3.34. The molecular formula is C24H29N3O. The lowest BCUT2D eigenvalue weighted by Crippen LogP contribution is -2.37. The minimum Gasteiger partial charge on any atom is -0.339 e. The third kappa shape index (κ3) is 4.89. The van der Waals surface area contributed by atoms with Crippen LogP contribution in [-0.4, -0.2) is 29.7 Å². The molecule has 2 aromatic carbocycles. The van der Waals surface area contributed by atoms with Gasteiger partial charge < -0.3 is 10.2 Å². The molecule has 1 heterocycles. The van der Waals surface area contributed by atoms with Crippen molar-refractivity contribution in [1.82, 2.24) is 10.2 Å². The van der Waals surface area contributed by atoms with E-state index >= 15 is 0 Å². The summed E-state index contributed by atoms with van der Waals surface area (Å²) in [6.45, 7) is 10.1. The van der Waals surface area contributed by atoms with E-state index < -0.39 is 0 Å². The molecule has 1 N–H and O–H groups in total. The zero-order valence-electron chi connectivity index (χ0n) is 17.1. The van der Waals surface area contributed by atoms with Crippen LogP contribution in [0.3, 0.4) is 0 Å². The van der Waals surface area contributed by atoms with E-state index in [1.807, 2.05) is 59.5 Å². The van der Waals surface area contributed by atoms with Crippen LogP contribution in [-0.2, 0) is 4.79 Å². The maximum Gasteiger partial charge on any atom is 0.248 e. The molecule has 0 aromatic heterocycles. The van der Waals surface area contributed by atoms with E-state index in [1.165, 1.54) is 0 Å². The first kappa shape index (κ1) is 19.9. The molecular weight excluding hydrogens is 346 g/mol. The Morgan fingerprint density at radius 3 is 2.21 bits per heavy atom. The van der Waals surface area contributed by atoms with Crippen LogP contribution in [0.25, 0.3) is 5.70 Å². The number of nitrogens with zero attached hydrogens (tertiary/aromatic N) is 2. The maximum absolute atomic E-state index is 13.1. The van der Waals surface area contributed by atoms with E-state index in [-0.39, 0.29) is 5.91 Å². The van der Waals surface area contributed by atoms with Gasteiger partial charge in [0, 0.05) is 30.3 Å². The topological polar surface area (TPSA) is 44.7 Å². The number of fused-ring (bicyclic) bond motifs is 1. The third-order valence-corrected chi connectivity index (χ3v) is 4.48. The standard InChI is InChI=1S/C24H29N3O/c1-17(2)15-27(16-18(3)4)23(28)14-22-20-12-8-9-13-21(20)25-24(26-22)19-10-6-5-7-11-19/h5-14,17-18H,15-16H2,1-4H3,(H,25,26)/b22-14-. The Hall–Kier alpha value is -2.88. The van der Waals surface area contributed by atoms with E-state index in [9.17, 15) is 4.79 Å². The van der Waals surface area contributed by atoms with E-state index in [2.05, 4.69) is 33.0 Å². The number of amidine groups is 1. The van der Waals surface area contributed by atoms with Gasteiger partial charge in [0.05, 0.1) is 11.4 Å². The molecule has 0 saturated heterocycles. The van der Waals surface area contributed by atoms with E-state index in [0.717, 1.165) is 41.4 Å². The molecule has 0 unspecified atom stereocenters. The lowest BCUT2D eigenvalue weighted by Gasteiger charge is -2.26. The Balaban J connectivity index is 1.95. The molecule has 0 fully saturated rings. The number of nitrogens with one attached hydrogen (secondary N) is 1. The summed E-state index contributed by atoms with van der Waals surface area (Å²) in [5.41, 5.74) is 3.62. The monoisotopic (exact) mass is 375 g/mol. The largest absolute Gasteiger partial charge is 0.339 e. The van der Waals surface area contributed by atoms with Crippen LogP contribution >= 0.6 is 0 Å². The predicted molar refractivity (Wildman–Crippen MR) is 116 cm³/mol. The van der Waals surface area contributed by atoms with Crippen molar-refractivity contribution >= 4 is 23.1 Å². The molecule has 0 bridgehead atoms. The van der Waals surface area contributed by atoms with Gasteiger partial charge in [-0.25, -0.2) is 4.99 Å². The summed E-state index contributed by atoms with van der Waals surface area (Å²) in [5.74, 6) is 1.65. The summed E-state index contributed by atoms with van der Waals surface area (Å²) in [6.07, 6.45) is 1.72. The molecule has 1 aliphatic rings. The molecule has 0 atom stereocenters. The van der Waals surface area contributed by atoms with Crippen molar-refractivity contribution in [2.75, 3.05) is 13.1 Å². The molecule has 0 spiro atoms. The molecule has 1 aliphatic heterocycles. The third-order valence-electron chi connectivity index (χ3n) is 4.48. The van der Waals surface area contributed by atoms with Crippen molar-refractivity contribution in [1.29, 1.82) is 0 Å². The summed E-state index contributed by atoms with van der Waals surface area (Å²) >= 11 is 0.